The number of likely N-dealkylation sites (tertiary alicyclic amines) is 2. The molecule has 3 fully saturated rings. The van der Waals surface area contributed by atoms with E-state index in [1.54, 1.807) is 106 Å². The van der Waals surface area contributed by atoms with Crippen LogP contribution in [0.4, 0.5) is 11.4 Å². The largest absolute Gasteiger partial charge is 0.481 e. The molecule has 3 saturated heterocycles. The first-order chi connectivity index (χ1) is 59.5. The molecule has 3 aliphatic heterocycles. The number of nitrogens with one attached hydrogen (secondary N) is 4. The zero-order valence-electron chi connectivity index (χ0n) is 81.0. The van der Waals surface area contributed by atoms with Gasteiger partial charge in [-0.2, -0.15) is 0 Å². The van der Waals surface area contributed by atoms with E-state index in [0.29, 0.717) is 49.7 Å². The van der Waals surface area contributed by atoms with E-state index in [-0.39, 0.29) is 83.9 Å². The molecule has 0 aliphatic carbocycles. The lowest BCUT2D eigenvalue weighted by atomic mass is 9.57. The number of amides is 8. The third kappa shape index (κ3) is 30.4. The Morgan fingerprint density at radius 2 is 0.756 bits per heavy atom. The third-order valence-corrected chi connectivity index (χ3v) is 28.0. The molecule has 3 heterocycles. The van der Waals surface area contributed by atoms with Crippen LogP contribution < -0.4 is 31.1 Å². The minimum absolute atomic E-state index is 0.00530. The molecule has 127 heavy (non-hydrogen) atoms. The van der Waals surface area contributed by atoms with Gasteiger partial charge in [-0.1, -0.05) is 233 Å². The Hall–Kier alpha value is -8.78. The van der Waals surface area contributed by atoms with Crippen molar-refractivity contribution in [1.82, 2.24) is 31.1 Å². The maximum absolute atomic E-state index is 16.2. The number of nitrogens with zero attached hydrogens (tertiary/aromatic N) is 4. The fourth-order valence-corrected chi connectivity index (χ4v) is 20.7. The highest BCUT2D eigenvalue weighted by molar-refractivity contribution is 6.07. The van der Waals surface area contributed by atoms with Crippen LogP contribution in [-0.4, -0.2) is 182 Å². The van der Waals surface area contributed by atoms with Crippen molar-refractivity contribution in [3.05, 3.63) is 59.7 Å². The van der Waals surface area contributed by atoms with Gasteiger partial charge in [0.05, 0.1) is 77.6 Å². The lowest BCUT2D eigenvalue weighted by Gasteiger charge is -2.45. The molecule has 714 valence electrons. The van der Waals surface area contributed by atoms with Gasteiger partial charge in [0.1, 0.15) is 0 Å². The maximum Gasteiger partial charge on any atom is 0.318 e. The summed E-state index contributed by atoms with van der Waals surface area (Å²) >= 11 is 0. The number of carboxylic acid groups (broad SMARTS) is 3. The fraction of sp³-hybridized carbons (Fsp3) is 0.740. The average molecular weight is 1780 g/mol. The molecule has 2 aromatic rings. The van der Waals surface area contributed by atoms with E-state index in [0.717, 1.165) is 48.4 Å². The molecular weight excluding hydrogens is 1620 g/mol. The summed E-state index contributed by atoms with van der Waals surface area (Å²) in [7, 11) is 7.53. The summed E-state index contributed by atoms with van der Waals surface area (Å²) in [4.78, 5) is 211. The van der Waals surface area contributed by atoms with E-state index < -0.39 is 187 Å². The molecule has 2 aromatic carbocycles. The lowest BCUT2D eigenvalue weighted by molar-refractivity contribution is -0.168. The van der Waals surface area contributed by atoms with Gasteiger partial charge in [-0.25, -0.2) is 0 Å². The molecule has 3 aliphatic rings. The Morgan fingerprint density at radius 3 is 1.15 bits per heavy atom. The van der Waals surface area contributed by atoms with Crippen LogP contribution in [0.3, 0.4) is 0 Å². The van der Waals surface area contributed by atoms with E-state index >= 15 is 24.0 Å². The number of carboxylic acids is 3. The number of carbonyl (C=O) groups is 14. The third-order valence-electron chi connectivity index (χ3n) is 28.0. The second-order valence-corrected chi connectivity index (χ2v) is 41.2. The molecule has 0 spiro atoms. The van der Waals surface area contributed by atoms with Gasteiger partial charge in [-0.3, -0.25) is 76.9 Å². The summed E-state index contributed by atoms with van der Waals surface area (Å²) in [6.07, 6.45) is 20.2. The predicted molar refractivity (Wildman–Crippen MR) is 493 cm³/mol. The highest BCUT2D eigenvalue weighted by atomic mass is 16.6. The minimum atomic E-state index is -1.75. The topological polar surface area (TPSA) is 379 Å². The number of aliphatic carboxylic acids is 3. The summed E-state index contributed by atoms with van der Waals surface area (Å²) in [6, 6.07) is 14.0. The molecular formula is C100H160N8O19. The monoisotopic (exact) mass is 1780 g/mol. The van der Waals surface area contributed by atoms with Crippen LogP contribution in [-0.2, 0) is 67.0 Å². The smallest absolute Gasteiger partial charge is 0.318 e. The highest BCUT2D eigenvalue weighted by Crippen LogP contribution is 2.57. The molecule has 0 aromatic heterocycles. The molecule has 0 saturated carbocycles. The molecule has 0 bridgehead atoms. The molecule has 7 N–H and O–H groups in total. The number of hydrogen-bond donors (Lipinski definition) is 7. The van der Waals surface area contributed by atoms with Crippen LogP contribution in [0.2, 0.25) is 0 Å². The van der Waals surface area contributed by atoms with E-state index in [1.165, 1.54) is 103 Å². The summed E-state index contributed by atoms with van der Waals surface area (Å²) in [5, 5.41) is 46.4. The number of benzene rings is 2. The fourth-order valence-electron chi connectivity index (χ4n) is 20.7. The van der Waals surface area contributed by atoms with E-state index in [9.17, 15) is 58.5 Å². The highest BCUT2D eigenvalue weighted by Gasteiger charge is 2.63. The lowest BCUT2D eigenvalue weighted by Crippen LogP contribution is -2.51. The first-order valence-corrected chi connectivity index (χ1v) is 47.5. The van der Waals surface area contributed by atoms with Crippen LogP contribution in [0.5, 0.6) is 0 Å². The Kier molecular flexibility index (Phi) is 42.7. The van der Waals surface area contributed by atoms with Gasteiger partial charge >= 0.3 is 35.8 Å². The summed E-state index contributed by atoms with van der Waals surface area (Å²) in [5.41, 5.74) is -5.84. The van der Waals surface area contributed by atoms with Crippen LogP contribution in [0.25, 0.3) is 0 Å². The average Bonchev–Trinajstić information content (AvgIpc) is 1.59. The van der Waals surface area contributed by atoms with E-state index in [2.05, 4.69) is 28.2 Å². The van der Waals surface area contributed by atoms with Gasteiger partial charge in [0.25, 0.3) is 11.8 Å². The van der Waals surface area contributed by atoms with Gasteiger partial charge < -0.3 is 55.9 Å². The number of ether oxygens (including phenoxy) is 2. The van der Waals surface area contributed by atoms with Gasteiger partial charge in [0.2, 0.25) is 35.4 Å². The Balaban J connectivity index is 1.61. The standard InChI is InChI=1S/C100H160N8O19/c1-22-26-28-29-30-31-32-33-34-35-36-37-38-39-40-41-42-43-58-107-85(113)70(60-97(10,11)77(84(112)103-54-27-23-2)73(90(119)120)63-100(16,17)80(93(124)126-25-4)74(91(121)122)64-96(8,9)75-65(5)92(123)127-94(75)125)78(87(107)115)98(12,13)61-71-79(88(116)108(86(71)114)59-45-57-102-82(110)67-48-52-69(53-49-67)106(20)21)99(14,15)62-72(89(117)118)76(95(6,7)24-3)83(111)104-56-44-55-101-81(109)66-46-50-68(51-47-66)105(18)19/h46-53,65,70-80H,22-45,54-64H2,1-21H3,(H,101,109)(H,102,110)(H,103,112)(H,104,111)(H,117,118)(H,119,120)(H,121,122). The SMILES string of the molecule is CCCCCCCCCCCCCCCCCCCCN1C(=O)C(CC(C)(C)C(C(=O)NCCCC)C(CC(C)(C)C(C(=O)OCC)C(CC(C)(C)C2C(=O)OC(=O)C2C)C(=O)O)C(=O)O)C(C(C)(C)CC2C(=O)N(CCCNC(=O)c3ccc(N(C)C)cc3)C(=O)C2C(C)(C)CC(C(=O)O)C(C(=O)NCCCNC(=O)c2ccc(N(C)C)cc2)C(C)(C)CC)C1=O. The number of anilines is 2. The van der Waals surface area contributed by atoms with Crippen LogP contribution in [0.1, 0.15) is 318 Å². The maximum atomic E-state index is 16.2. The summed E-state index contributed by atoms with van der Waals surface area (Å²) < 4.78 is 10.6. The van der Waals surface area contributed by atoms with Gasteiger partial charge in [-0.15, -0.1) is 0 Å². The van der Waals surface area contributed by atoms with Crippen LogP contribution in [0, 0.1) is 104 Å². The number of imide groups is 2. The number of carbonyl (C=O) groups excluding carboxylic acids is 11. The first-order valence-electron chi connectivity index (χ1n) is 47.5. The van der Waals surface area contributed by atoms with Crippen LogP contribution in [0.15, 0.2) is 48.5 Å². The van der Waals surface area contributed by atoms with Crippen molar-refractivity contribution in [1.29, 1.82) is 0 Å². The van der Waals surface area contributed by atoms with Crippen molar-refractivity contribution >= 4 is 94.4 Å². The van der Waals surface area contributed by atoms with Crippen molar-refractivity contribution in [2.75, 3.05) is 83.9 Å². The second kappa shape index (κ2) is 49.8. The molecule has 12 atom stereocenters. The van der Waals surface area contributed by atoms with Gasteiger partial charge in [0.15, 0.2) is 0 Å². The number of rotatable bonds is 61. The molecule has 0 radical (unpaired) electrons. The van der Waals surface area contributed by atoms with Crippen molar-refractivity contribution in [3.63, 3.8) is 0 Å². The van der Waals surface area contributed by atoms with Crippen molar-refractivity contribution in [2.45, 2.75) is 297 Å². The number of unbranched alkanes of at least 4 members (excludes halogenated alkanes) is 18. The van der Waals surface area contributed by atoms with E-state index in [1.807, 2.05) is 64.0 Å². The normalized spacial score (nSPS) is 19.2. The van der Waals surface area contributed by atoms with E-state index in [4.69, 9.17) is 9.47 Å². The van der Waals surface area contributed by atoms with Crippen LogP contribution >= 0.6 is 0 Å². The predicted octanol–water partition coefficient (Wildman–Crippen LogP) is 16.4. The zero-order chi connectivity index (χ0) is 95.3. The molecule has 27 heteroatoms. The van der Waals surface area contributed by atoms with Crippen molar-refractivity contribution in [2.24, 2.45) is 104 Å². The molecule has 12 unspecified atom stereocenters. The zero-order valence-corrected chi connectivity index (χ0v) is 81.0. The summed E-state index contributed by atoms with van der Waals surface area (Å²) in [5.74, 6) is -28.1. The summed E-state index contributed by atoms with van der Waals surface area (Å²) in [6.45, 7) is 29.0. The van der Waals surface area contributed by atoms with Crippen molar-refractivity contribution in [3.8, 4) is 0 Å². The number of esters is 3. The molecule has 27 nitrogen and oxygen atoms in total. The number of hydrogen-bond acceptors (Lipinski definition) is 18. The Labute approximate surface area is 758 Å². The molecule has 8 amide bonds. The Morgan fingerprint density at radius 1 is 0.402 bits per heavy atom. The quantitative estimate of drug-likeness (QED) is 0.0140. The number of cyclic esters (lactones) is 2. The second-order valence-electron chi connectivity index (χ2n) is 41.2. The van der Waals surface area contributed by atoms with Crippen molar-refractivity contribution < 1.29 is 91.9 Å². The van der Waals surface area contributed by atoms with Gasteiger partial charge in [0, 0.05) is 90.0 Å². The molecule has 5 rings (SSSR count). The first kappa shape index (κ1) is 109. The van der Waals surface area contributed by atoms with Gasteiger partial charge in [-0.05, 0) is 146 Å². The Bertz CT molecular complexity index is 4000. The minimum Gasteiger partial charge on any atom is -0.481 e.